The van der Waals surface area contributed by atoms with Gasteiger partial charge in [-0.1, -0.05) is 68.2 Å². The summed E-state index contributed by atoms with van der Waals surface area (Å²) < 4.78 is 46.6. The zero-order valence-electron chi connectivity index (χ0n) is 34.4. The van der Waals surface area contributed by atoms with Crippen molar-refractivity contribution in [3.8, 4) is 0 Å². The number of carbonyl (C=O) groups excluding carboxylic acids is 5. The van der Waals surface area contributed by atoms with Gasteiger partial charge in [-0.15, -0.1) is 0 Å². The van der Waals surface area contributed by atoms with Crippen molar-refractivity contribution >= 4 is 35.8 Å². The molecule has 0 aromatic rings. The molecule has 2 unspecified atom stereocenters. The fourth-order valence-electron chi connectivity index (χ4n) is 5.92. The molecule has 0 amide bonds. The highest BCUT2D eigenvalue weighted by atomic mass is 16.8. The van der Waals surface area contributed by atoms with Crippen LogP contribution in [0.2, 0.25) is 0 Å². The number of carbonyl (C=O) groups is 6. The van der Waals surface area contributed by atoms with Crippen LogP contribution in [0.3, 0.4) is 0 Å². The van der Waals surface area contributed by atoms with E-state index in [0.29, 0.717) is 38.0 Å². The summed E-state index contributed by atoms with van der Waals surface area (Å²) in [6.45, 7) is 12.0. The lowest BCUT2D eigenvalue weighted by atomic mass is 9.96. The van der Waals surface area contributed by atoms with Crippen LogP contribution in [-0.4, -0.2) is 131 Å². The minimum absolute atomic E-state index is 0.0385. The van der Waals surface area contributed by atoms with Gasteiger partial charge in [0.05, 0.1) is 18.4 Å². The summed E-state index contributed by atoms with van der Waals surface area (Å²) in [5, 5.41) is 41.1. The molecule has 57 heavy (non-hydrogen) atoms. The molecule has 0 radical (unpaired) electrons. The average Bonchev–Trinajstić information content (AvgIpc) is 3.38. The first-order chi connectivity index (χ1) is 26.8. The molecule has 2 fully saturated rings. The summed E-state index contributed by atoms with van der Waals surface area (Å²) in [6.07, 6.45) is -12.3. The smallest absolute Gasteiger partial charge is 0.317 e. The Morgan fingerprint density at radius 3 is 1.74 bits per heavy atom. The van der Waals surface area contributed by atoms with Crippen LogP contribution in [0.25, 0.3) is 0 Å². The van der Waals surface area contributed by atoms with Gasteiger partial charge < -0.3 is 58.3 Å². The van der Waals surface area contributed by atoms with Gasteiger partial charge in [-0.3, -0.25) is 28.8 Å². The molecule has 18 nitrogen and oxygen atoms in total. The number of ether oxygens (including phenoxy) is 8. The van der Waals surface area contributed by atoms with E-state index in [-0.39, 0.29) is 18.8 Å². The maximum absolute atomic E-state index is 13.5. The predicted octanol–water partition coefficient (Wildman–Crippen LogP) is 2.58. The quantitative estimate of drug-likeness (QED) is 0.0620. The van der Waals surface area contributed by atoms with E-state index in [1.807, 2.05) is 27.7 Å². The first-order valence-corrected chi connectivity index (χ1v) is 19.9. The summed E-state index contributed by atoms with van der Waals surface area (Å²) in [5.74, 6) is -9.25. The van der Waals surface area contributed by atoms with Crippen molar-refractivity contribution in [1.29, 1.82) is 0 Å². The molecule has 2 aliphatic heterocycles. The highest BCUT2D eigenvalue weighted by Gasteiger charge is 2.61. The molecule has 2 rings (SSSR count). The molecule has 0 spiro atoms. The summed E-state index contributed by atoms with van der Waals surface area (Å²) in [5.41, 5.74) is 0. The van der Waals surface area contributed by atoms with Gasteiger partial charge in [0.2, 0.25) is 12.1 Å². The summed E-state index contributed by atoms with van der Waals surface area (Å²) in [6, 6.07) is 0. The lowest BCUT2D eigenvalue weighted by Gasteiger charge is -2.47. The standard InChI is InChI=1S/C39H64O18/c1-9-23(7)36(48)54-32-26(19-50-28(43)15-11-13-21(3)4)52-38(34(55-37(49)24(8)10-2)33(32)53-29(44)16-12-14-22(5)6)57-39(20-51-30(45)17-27(41)42)35(47)31(46)25(18-40)56-39/h21-26,31-35,38,40,46-47H,9-20H2,1-8H3,(H,41,42)/t23?,24?,25-,26-,31-,32-,33+,34-,35+,38-,39+/m1/s1. The molecular formula is C39H64O18. The molecule has 18 heteroatoms. The number of aliphatic hydroxyl groups is 3. The van der Waals surface area contributed by atoms with Crippen LogP contribution in [0, 0.1) is 23.7 Å². The van der Waals surface area contributed by atoms with Gasteiger partial charge in [0.25, 0.3) is 0 Å². The third kappa shape index (κ3) is 15.4. The van der Waals surface area contributed by atoms with E-state index in [2.05, 4.69) is 0 Å². The molecule has 328 valence electrons. The number of aliphatic carboxylic acids is 1. The Balaban J connectivity index is 2.76. The maximum atomic E-state index is 13.5. The van der Waals surface area contributed by atoms with E-state index in [9.17, 15) is 44.1 Å². The van der Waals surface area contributed by atoms with E-state index in [0.717, 1.165) is 6.42 Å². The van der Waals surface area contributed by atoms with E-state index in [1.165, 1.54) is 0 Å². The minimum atomic E-state index is -2.63. The number of hydrogen-bond donors (Lipinski definition) is 4. The van der Waals surface area contributed by atoms with Crippen molar-refractivity contribution in [1.82, 2.24) is 0 Å². The summed E-state index contributed by atoms with van der Waals surface area (Å²) in [4.78, 5) is 77.0. The predicted molar refractivity (Wildman–Crippen MR) is 197 cm³/mol. The highest BCUT2D eigenvalue weighted by Crippen LogP contribution is 2.39. The molecule has 0 aromatic carbocycles. The second-order valence-electron chi connectivity index (χ2n) is 15.6. The Kier molecular flexibility index (Phi) is 20.8. The number of aliphatic hydroxyl groups excluding tert-OH is 3. The first kappa shape index (κ1) is 49.7. The monoisotopic (exact) mass is 820 g/mol. The molecule has 2 heterocycles. The van der Waals surface area contributed by atoms with Crippen molar-refractivity contribution in [2.75, 3.05) is 19.8 Å². The van der Waals surface area contributed by atoms with Crippen LogP contribution in [0.1, 0.15) is 113 Å². The zero-order valence-corrected chi connectivity index (χ0v) is 34.4. The molecule has 11 atom stereocenters. The van der Waals surface area contributed by atoms with E-state index >= 15 is 0 Å². The Morgan fingerprint density at radius 2 is 1.25 bits per heavy atom. The van der Waals surface area contributed by atoms with Crippen LogP contribution in [0.5, 0.6) is 0 Å². The number of rotatable bonds is 24. The van der Waals surface area contributed by atoms with Crippen LogP contribution in [0.15, 0.2) is 0 Å². The molecule has 0 aliphatic carbocycles. The summed E-state index contributed by atoms with van der Waals surface area (Å²) in [7, 11) is 0. The topological polar surface area (TPSA) is 257 Å². The Morgan fingerprint density at radius 1 is 0.702 bits per heavy atom. The lowest BCUT2D eigenvalue weighted by molar-refractivity contribution is -0.384. The second kappa shape index (κ2) is 23.9. The second-order valence-corrected chi connectivity index (χ2v) is 15.6. The van der Waals surface area contributed by atoms with Crippen molar-refractivity contribution in [3.05, 3.63) is 0 Å². The summed E-state index contributed by atoms with van der Waals surface area (Å²) >= 11 is 0. The van der Waals surface area contributed by atoms with E-state index in [1.54, 1.807) is 27.7 Å². The van der Waals surface area contributed by atoms with Crippen molar-refractivity contribution in [2.45, 2.75) is 168 Å². The fraction of sp³-hybridized carbons (Fsp3) is 0.846. The van der Waals surface area contributed by atoms with Crippen LogP contribution in [-0.2, 0) is 66.7 Å². The Labute approximate surface area is 334 Å². The lowest BCUT2D eigenvalue weighted by Crippen LogP contribution is -2.66. The van der Waals surface area contributed by atoms with Gasteiger partial charge >= 0.3 is 35.8 Å². The van der Waals surface area contributed by atoms with Gasteiger partial charge in [-0.2, -0.15) is 0 Å². The Hall–Kier alpha value is -3.42. The average molecular weight is 821 g/mol. The molecule has 0 bridgehead atoms. The zero-order chi connectivity index (χ0) is 43.0. The molecule has 0 aromatic heterocycles. The van der Waals surface area contributed by atoms with Gasteiger partial charge in [-0.05, 0) is 37.5 Å². The van der Waals surface area contributed by atoms with E-state index < -0.39 is 129 Å². The van der Waals surface area contributed by atoms with E-state index in [4.69, 9.17) is 43.0 Å². The number of hydrogen-bond acceptors (Lipinski definition) is 17. The van der Waals surface area contributed by atoms with Crippen LogP contribution in [0.4, 0.5) is 0 Å². The number of carboxylic acid groups (broad SMARTS) is 1. The van der Waals surface area contributed by atoms with Crippen LogP contribution < -0.4 is 0 Å². The Bertz CT molecular complexity index is 1320. The highest BCUT2D eigenvalue weighted by molar-refractivity contribution is 5.90. The first-order valence-electron chi connectivity index (χ1n) is 19.9. The molecular weight excluding hydrogens is 756 g/mol. The molecule has 0 saturated carbocycles. The number of esters is 5. The molecule has 2 aliphatic rings. The van der Waals surface area contributed by atoms with Crippen LogP contribution >= 0.6 is 0 Å². The van der Waals surface area contributed by atoms with Crippen molar-refractivity contribution < 1.29 is 87.1 Å². The van der Waals surface area contributed by atoms with Crippen molar-refractivity contribution in [3.63, 3.8) is 0 Å². The van der Waals surface area contributed by atoms with Gasteiger partial charge in [0, 0.05) is 12.8 Å². The fourth-order valence-corrected chi connectivity index (χ4v) is 5.92. The molecule has 4 N–H and O–H groups in total. The van der Waals surface area contributed by atoms with Gasteiger partial charge in [-0.25, -0.2) is 0 Å². The molecule has 2 saturated heterocycles. The minimum Gasteiger partial charge on any atom is -0.481 e. The SMILES string of the molecule is CCC(C)C(=O)O[C@H]1[C@@H](O[C@]2(COC(=O)CC(=O)O)O[C@H](CO)[C@@H](O)[C@@H]2O)O[C@H](COC(=O)CCCC(C)C)[C@@H](OC(=O)C(C)CC)[C@@H]1OC(=O)CCCC(C)C. The van der Waals surface area contributed by atoms with Gasteiger partial charge in [0.1, 0.15) is 44.1 Å². The normalized spacial score (nSPS) is 28.4. The maximum Gasteiger partial charge on any atom is 0.317 e. The largest absolute Gasteiger partial charge is 0.481 e. The third-order valence-corrected chi connectivity index (χ3v) is 9.86. The van der Waals surface area contributed by atoms with Gasteiger partial charge in [0.15, 0.2) is 18.3 Å². The van der Waals surface area contributed by atoms with Crippen molar-refractivity contribution in [2.24, 2.45) is 23.7 Å². The third-order valence-electron chi connectivity index (χ3n) is 9.86. The number of carboxylic acids is 1.